The van der Waals surface area contributed by atoms with Gasteiger partial charge in [-0.1, -0.05) is 0 Å². The van der Waals surface area contributed by atoms with E-state index >= 15 is 4.39 Å². The van der Waals surface area contributed by atoms with Crippen LogP contribution in [0.25, 0.3) is 10.9 Å². The number of pyridine rings is 3. The van der Waals surface area contributed by atoms with Crippen molar-refractivity contribution >= 4 is 22.4 Å². The van der Waals surface area contributed by atoms with Crippen molar-refractivity contribution in [1.29, 1.82) is 0 Å². The number of anilines is 2. The van der Waals surface area contributed by atoms with Gasteiger partial charge in [-0.05, 0) is 49.6 Å². The fraction of sp³-hybridized carbons (Fsp3) is 0.406. The molecule has 3 aromatic heterocycles. The standard InChI is InChI=1S/C32H37FN6O5/c1-20-19-44-32-29-25(13-26(33)31(32)43-11-10-40)30(41)22(17-39(20)29)16-38(15-21-7-8-35-28(12-21)42-2)24-4-3-9-37(18-24)23-5-6-27(34)36-14-23/h5-8,12-14,17,20,24,40H,3-4,9-11,15-16,18-19H2,1-2H3,(H2,34,36)/t20?,24-/m0/s1. The van der Waals surface area contributed by atoms with Crippen molar-refractivity contribution in [1.82, 2.24) is 19.4 Å². The van der Waals surface area contributed by atoms with E-state index in [-0.39, 0.29) is 54.2 Å². The Balaban J connectivity index is 1.39. The van der Waals surface area contributed by atoms with E-state index in [4.69, 9.17) is 19.9 Å². The largest absolute Gasteiger partial charge is 0.485 e. The molecule has 2 atom stereocenters. The van der Waals surface area contributed by atoms with Crippen LogP contribution in [0.2, 0.25) is 0 Å². The zero-order valence-corrected chi connectivity index (χ0v) is 24.9. The molecular formula is C32H37FN6O5. The molecule has 1 unspecified atom stereocenters. The van der Waals surface area contributed by atoms with E-state index in [1.165, 1.54) is 6.07 Å². The van der Waals surface area contributed by atoms with Crippen LogP contribution in [-0.4, -0.2) is 70.6 Å². The number of ether oxygens (including phenoxy) is 3. The lowest BCUT2D eigenvalue weighted by Gasteiger charge is -2.40. The predicted molar refractivity (Wildman–Crippen MR) is 165 cm³/mol. The smallest absolute Gasteiger partial charge is 0.213 e. The summed E-state index contributed by atoms with van der Waals surface area (Å²) < 4.78 is 34.1. The van der Waals surface area contributed by atoms with Gasteiger partial charge in [-0.15, -0.1) is 0 Å². The average Bonchev–Trinajstić information content (AvgIpc) is 3.04. The van der Waals surface area contributed by atoms with E-state index in [0.717, 1.165) is 37.2 Å². The van der Waals surface area contributed by atoms with Gasteiger partial charge in [0.1, 0.15) is 19.0 Å². The molecule has 1 saturated heterocycles. The fourth-order valence-corrected chi connectivity index (χ4v) is 6.15. The maximum atomic E-state index is 15.3. The number of nitrogens with zero attached hydrogens (tertiary/aromatic N) is 5. The van der Waals surface area contributed by atoms with E-state index in [9.17, 15) is 9.90 Å². The number of nitrogen functional groups attached to an aromatic ring is 1. The summed E-state index contributed by atoms with van der Waals surface area (Å²) in [6, 6.07) is 8.89. The predicted octanol–water partition coefficient (Wildman–Crippen LogP) is 3.52. The minimum atomic E-state index is -0.697. The highest BCUT2D eigenvalue weighted by molar-refractivity contribution is 5.89. The van der Waals surface area contributed by atoms with Crippen LogP contribution in [0.1, 0.15) is 36.9 Å². The zero-order valence-electron chi connectivity index (χ0n) is 24.9. The van der Waals surface area contributed by atoms with Crippen molar-refractivity contribution in [2.24, 2.45) is 0 Å². The maximum absolute atomic E-state index is 15.3. The van der Waals surface area contributed by atoms with Crippen LogP contribution in [0.3, 0.4) is 0 Å². The van der Waals surface area contributed by atoms with Gasteiger partial charge in [0.25, 0.3) is 0 Å². The number of piperidine rings is 1. The molecule has 5 heterocycles. The number of hydrogen-bond acceptors (Lipinski definition) is 10. The number of benzene rings is 1. The number of aliphatic hydroxyl groups excluding tert-OH is 1. The summed E-state index contributed by atoms with van der Waals surface area (Å²) >= 11 is 0. The SMILES string of the molecule is COc1cc(CN(Cc2cn3c4c(c(OCCO)c(F)cc4c2=O)OCC3C)[C@H]2CCCN(c3ccc(N)nc3)C2)ccn1. The molecule has 1 fully saturated rings. The van der Waals surface area contributed by atoms with Gasteiger partial charge >= 0.3 is 0 Å². The molecule has 0 saturated carbocycles. The third-order valence-corrected chi connectivity index (χ3v) is 8.35. The molecule has 232 valence electrons. The monoisotopic (exact) mass is 604 g/mol. The van der Waals surface area contributed by atoms with Gasteiger partial charge < -0.3 is 34.5 Å². The van der Waals surface area contributed by atoms with Gasteiger partial charge in [-0.2, -0.15) is 0 Å². The Morgan fingerprint density at radius 1 is 1.23 bits per heavy atom. The molecule has 1 aromatic carbocycles. The van der Waals surface area contributed by atoms with Gasteiger partial charge in [0, 0.05) is 56.2 Å². The fourth-order valence-electron chi connectivity index (χ4n) is 6.15. The first-order chi connectivity index (χ1) is 21.4. The molecular weight excluding hydrogens is 567 g/mol. The van der Waals surface area contributed by atoms with Crippen molar-refractivity contribution in [3.05, 3.63) is 76.1 Å². The number of rotatable bonds is 10. The Hall–Kier alpha value is -4.42. The van der Waals surface area contributed by atoms with Crippen LogP contribution in [0, 0.1) is 5.82 Å². The zero-order chi connectivity index (χ0) is 30.8. The van der Waals surface area contributed by atoms with Gasteiger partial charge in [0.15, 0.2) is 22.7 Å². The normalized spacial score (nSPS) is 18.0. The van der Waals surface area contributed by atoms with Crippen molar-refractivity contribution in [3.8, 4) is 17.4 Å². The Labute approximate surface area is 254 Å². The Bertz CT molecular complexity index is 1700. The lowest BCUT2D eigenvalue weighted by molar-refractivity contribution is 0.157. The van der Waals surface area contributed by atoms with E-state index in [2.05, 4.69) is 19.8 Å². The maximum Gasteiger partial charge on any atom is 0.213 e. The van der Waals surface area contributed by atoms with Crippen molar-refractivity contribution in [2.75, 3.05) is 50.7 Å². The second-order valence-electron chi connectivity index (χ2n) is 11.3. The van der Waals surface area contributed by atoms with E-state index in [0.29, 0.717) is 35.9 Å². The molecule has 4 aromatic rings. The first-order valence-electron chi connectivity index (χ1n) is 14.8. The molecule has 0 amide bonds. The summed E-state index contributed by atoms with van der Waals surface area (Å²) in [6.45, 7) is 4.46. The minimum absolute atomic E-state index is 0.0871. The number of aliphatic hydroxyl groups is 1. The van der Waals surface area contributed by atoms with Crippen LogP contribution < -0.4 is 30.3 Å². The summed E-state index contributed by atoms with van der Waals surface area (Å²) in [5.41, 5.74) is 8.65. The molecule has 2 aliphatic heterocycles. The molecule has 2 aliphatic rings. The number of halogens is 1. The highest BCUT2D eigenvalue weighted by atomic mass is 19.1. The second kappa shape index (κ2) is 12.7. The van der Waals surface area contributed by atoms with Crippen LogP contribution in [0.4, 0.5) is 15.9 Å². The van der Waals surface area contributed by atoms with E-state index < -0.39 is 5.82 Å². The van der Waals surface area contributed by atoms with Crippen molar-refractivity contribution in [3.63, 3.8) is 0 Å². The topological polar surface area (TPSA) is 128 Å². The van der Waals surface area contributed by atoms with Crippen molar-refractivity contribution in [2.45, 2.75) is 44.9 Å². The quantitative estimate of drug-likeness (QED) is 0.278. The lowest BCUT2D eigenvalue weighted by Crippen LogP contribution is -2.48. The molecule has 44 heavy (non-hydrogen) atoms. The number of methoxy groups -OCH3 is 1. The third kappa shape index (κ3) is 5.87. The molecule has 0 spiro atoms. The van der Waals surface area contributed by atoms with Gasteiger partial charge in [0.2, 0.25) is 5.88 Å². The van der Waals surface area contributed by atoms with Crippen molar-refractivity contribution < 1.29 is 23.7 Å². The molecule has 11 nitrogen and oxygen atoms in total. The highest BCUT2D eigenvalue weighted by Crippen LogP contribution is 2.41. The lowest BCUT2D eigenvalue weighted by atomic mass is 10.0. The first-order valence-corrected chi connectivity index (χ1v) is 14.8. The summed E-state index contributed by atoms with van der Waals surface area (Å²) in [5.74, 6) is 0.398. The number of aromatic nitrogens is 3. The molecule has 6 rings (SSSR count). The molecule has 0 aliphatic carbocycles. The molecule has 0 radical (unpaired) electrons. The number of nitrogens with two attached hydrogens (primary N) is 1. The molecule has 3 N–H and O–H groups in total. The van der Waals surface area contributed by atoms with Gasteiger partial charge in [-0.25, -0.2) is 14.4 Å². The van der Waals surface area contributed by atoms with Crippen LogP contribution in [-0.2, 0) is 13.1 Å². The van der Waals surface area contributed by atoms with E-state index in [1.54, 1.807) is 25.6 Å². The summed E-state index contributed by atoms with van der Waals surface area (Å²) in [7, 11) is 1.59. The Morgan fingerprint density at radius 3 is 2.86 bits per heavy atom. The number of hydrogen-bond donors (Lipinski definition) is 2. The highest BCUT2D eigenvalue weighted by Gasteiger charge is 2.30. The molecule has 12 heteroatoms. The van der Waals surface area contributed by atoms with E-state index in [1.807, 2.05) is 35.9 Å². The summed E-state index contributed by atoms with van der Waals surface area (Å²) in [6.07, 6.45) is 7.30. The first kappa shape index (κ1) is 29.6. The average molecular weight is 605 g/mol. The second-order valence-corrected chi connectivity index (χ2v) is 11.3. The van der Waals surface area contributed by atoms with Crippen LogP contribution in [0.5, 0.6) is 17.4 Å². The van der Waals surface area contributed by atoms with Gasteiger partial charge in [0.05, 0.1) is 42.5 Å². The molecule has 0 bridgehead atoms. The summed E-state index contributed by atoms with van der Waals surface area (Å²) in [5, 5.41) is 9.47. The third-order valence-electron chi connectivity index (χ3n) is 8.35. The Kier molecular flexibility index (Phi) is 8.53. The van der Waals surface area contributed by atoms with Crippen LogP contribution >= 0.6 is 0 Å². The van der Waals surface area contributed by atoms with Gasteiger partial charge in [-0.3, -0.25) is 9.69 Å². The van der Waals surface area contributed by atoms with Crippen LogP contribution in [0.15, 0.2) is 53.7 Å². The summed E-state index contributed by atoms with van der Waals surface area (Å²) in [4.78, 5) is 27.2. The Morgan fingerprint density at radius 2 is 2.09 bits per heavy atom. The minimum Gasteiger partial charge on any atom is -0.485 e.